The maximum absolute atomic E-state index is 9.00. The van der Waals surface area contributed by atoms with Crippen molar-refractivity contribution in [3.8, 4) is 6.07 Å². The maximum atomic E-state index is 9.00. The first kappa shape index (κ1) is 15.6. The summed E-state index contributed by atoms with van der Waals surface area (Å²) in [6.07, 6.45) is 2.93. The summed E-state index contributed by atoms with van der Waals surface area (Å²) in [6.45, 7) is 2.18. The molecule has 1 aromatic carbocycles. The third-order valence-electron chi connectivity index (χ3n) is 4.59. The minimum Gasteiger partial charge on any atom is -0.397 e. The van der Waals surface area contributed by atoms with Gasteiger partial charge in [-0.3, -0.25) is 0 Å². The molecule has 22 heavy (non-hydrogen) atoms. The van der Waals surface area contributed by atoms with Crippen LogP contribution in [-0.2, 0) is 9.47 Å². The minimum atomic E-state index is -0.376. The highest BCUT2D eigenvalue weighted by molar-refractivity contribution is 7.17. The molecule has 0 amide bonds. The normalized spacial score (nSPS) is 26.7. The third-order valence-corrected chi connectivity index (χ3v) is 5.47. The van der Waals surface area contributed by atoms with Crippen molar-refractivity contribution in [2.45, 2.75) is 30.7 Å². The molecule has 118 valence electrons. The van der Waals surface area contributed by atoms with Crippen LogP contribution < -0.4 is 11.1 Å². The molecule has 2 aliphatic rings. The van der Waals surface area contributed by atoms with Gasteiger partial charge in [-0.1, -0.05) is 0 Å². The Morgan fingerprint density at radius 2 is 2.18 bits per heavy atom. The van der Waals surface area contributed by atoms with Crippen molar-refractivity contribution >= 4 is 20.6 Å². The standard InChI is InChI=1S/C16H22N3O2P/c17-9-11-1-2-13(18)14(7-11)19-10-12-8-16(4-3-15(12)22)20-5-6-21-16/h1-2,7,12,15,19H,3-6,8,10,18,22H2. The van der Waals surface area contributed by atoms with Gasteiger partial charge in [0.25, 0.3) is 0 Å². The lowest BCUT2D eigenvalue weighted by molar-refractivity contribution is -0.184. The summed E-state index contributed by atoms with van der Waals surface area (Å²) in [6, 6.07) is 7.44. The van der Waals surface area contributed by atoms with Crippen molar-refractivity contribution in [1.29, 1.82) is 5.26 Å². The number of benzene rings is 1. The summed E-state index contributed by atoms with van der Waals surface area (Å²) >= 11 is 0. The van der Waals surface area contributed by atoms with Crippen LogP contribution in [0.5, 0.6) is 0 Å². The average molecular weight is 319 g/mol. The summed E-state index contributed by atoms with van der Waals surface area (Å²) in [4.78, 5) is 0. The molecule has 1 spiro atoms. The first-order valence-electron chi connectivity index (χ1n) is 7.69. The van der Waals surface area contributed by atoms with E-state index < -0.39 is 0 Å². The van der Waals surface area contributed by atoms with E-state index in [0.717, 1.165) is 31.5 Å². The van der Waals surface area contributed by atoms with E-state index in [9.17, 15) is 0 Å². The van der Waals surface area contributed by atoms with Crippen LogP contribution in [0.25, 0.3) is 0 Å². The third kappa shape index (κ3) is 3.20. The minimum absolute atomic E-state index is 0.376. The largest absolute Gasteiger partial charge is 0.397 e. The topological polar surface area (TPSA) is 80.3 Å². The van der Waals surface area contributed by atoms with Crippen molar-refractivity contribution in [1.82, 2.24) is 0 Å². The number of nitrogens with zero attached hydrogens (tertiary/aromatic N) is 1. The Hall–Kier alpha value is -1.34. The number of nitrogens with one attached hydrogen (secondary N) is 1. The second-order valence-electron chi connectivity index (χ2n) is 6.07. The quantitative estimate of drug-likeness (QED) is 0.660. The maximum Gasteiger partial charge on any atom is 0.168 e. The van der Waals surface area contributed by atoms with E-state index in [1.165, 1.54) is 0 Å². The fraction of sp³-hybridized carbons (Fsp3) is 0.562. The van der Waals surface area contributed by atoms with Crippen LogP contribution in [0.4, 0.5) is 11.4 Å². The van der Waals surface area contributed by atoms with Crippen LogP contribution in [-0.4, -0.2) is 31.2 Å². The van der Waals surface area contributed by atoms with Gasteiger partial charge in [0.1, 0.15) is 0 Å². The Labute approximate surface area is 133 Å². The number of anilines is 2. The van der Waals surface area contributed by atoms with Crippen molar-refractivity contribution in [3.05, 3.63) is 23.8 Å². The average Bonchev–Trinajstić information content (AvgIpc) is 2.98. The van der Waals surface area contributed by atoms with Gasteiger partial charge in [-0.05, 0) is 36.2 Å². The fourth-order valence-electron chi connectivity index (χ4n) is 3.28. The smallest absolute Gasteiger partial charge is 0.168 e. The summed E-state index contributed by atoms with van der Waals surface area (Å²) in [5.74, 6) is 0.0569. The second kappa shape index (κ2) is 6.42. The monoisotopic (exact) mass is 319 g/mol. The molecule has 5 nitrogen and oxygen atoms in total. The molecule has 3 unspecified atom stereocenters. The Morgan fingerprint density at radius 3 is 2.91 bits per heavy atom. The summed E-state index contributed by atoms with van der Waals surface area (Å²) in [5.41, 5.74) is 8.62. The van der Waals surface area contributed by atoms with Crippen LogP contribution in [0, 0.1) is 17.2 Å². The van der Waals surface area contributed by atoms with Crippen molar-refractivity contribution in [2.75, 3.05) is 30.8 Å². The van der Waals surface area contributed by atoms with Gasteiger partial charge in [-0.25, -0.2) is 0 Å². The van der Waals surface area contributed by atoms with E-state index >= 15 is 0 Å². The van der Waals surface area contributed by atoms with Gasteiger partial charge < -0.3 is 20.5 Å². The highest BCUT2D eigenvalue weighted by Gasteiger charge is 2.43. The SMILES string of the molecule is N#Cc1ccc(N)c(NCC2CC3(CCC2P)OCCO3)c1. The van der Waals surface area contributed by atoms with Crippen LogP contribution in [0.15, 0.2) is 18.2 Å². The summed E-state index contributed by atoms with van der Waals surface area (Å²) in [5, 5.41) is 12.4. The molecular formula is C16H22N3O2P. The lowest BCUT2D eigenvalue weighted by Crippen LogP contribution is -2.42. The molecule has 0 radical (unpaired) electrons. The Morgan fingerprint density at radius 1 is 1.41 bits per heavy atom. The zero-order valence-electron chi connectivity index (χ0n) is 12.5. The molecule has 3 rings (SSSR count). The van der Waals surface area contributed by atoms with E-state index in [0.29, 0.717) is 36.0 Å². The first-order chi connectivity index (χ1) is 10.6. The van der Waals surface area contributed by atoms with Gasteiger partial charge in [0, 0.05) is 19.4 Å². The number of nitrogens with two attached hydrogens (primary N) is 1. The van der Waals surface area contributed by atoms with Gasteiger partial charge in [-0.2, -0.15) is 5.26 Å². The van der Waals surface area contributed by atoms with Gasteiger partial charge >= 0.3 is 0 Å². The molecule has 3 atom stereocenters. The second-order valence-corrected chi connectivity index (χ2v) is 6.93. The zero-order valence-corrected chi connectivity index (χ0v) is 13.7. The van der Waals surface area contributed by atoms with Crippen LogP contribution in [0.1, 0.15) is 24.8 Å². The zero-order chi connectivity index (χ0) is 15.6. The molecule has 1 aromatic rings. The molecule has 1 aliphatic heterocycles. The predicted octanol–water partition coefficient (Wildman–Crippen LogP) is 2.34. The van der Waals surface area contributed by atoms with Crippen molar-refractivity contribution in [3.63, 3.8) is 0 Å². The van der Waals surface area contributed by atoms with E-state index in [2.05, 4.69) is 20.6 Å². The molecule has 1 heterocycles. The highest BCUT2D eigenvalue weighted by Crippen LogP contribution is 2.41. The van der Waals surface area contributed by atoms with Crippen LogP contribution >= 0.6 is 9.24 Å². The Kier molecular flexibility index (Phi) is 4.54. The highest BCUT2D eigenvalue weighted by atomic mass is 31.0. The van der Waals surface area contributed by atoms with E-state index in [4.69, 9.17) is 20.5 Å². The molecule has 0 aromatic heterocycles. The first-order valence-corrected chi connectivity index (χ1v) is 8.35. The van der Waals surface area contributed by atoms with Crippen molar-refractivity contribution < 1.29 is 9.47 Å². The van der Waals surface area contributed by atoms with E-state index in [1.54, 1.807) is 18.2 Å². The Bertz CT molecular complexity index is 581. The lowest BCUT2D eigenvalue weighted by atomic mass is 9.84. The summed E-state index contributed by atoms with van der Waals surface area (Å²) < 4.78 is 11.7. The fourth-order valence-corrected chi connectivity index (χ4v) is 3.72. The molecule has 6 heteroatoms. The van der Waals surface area contributed by atoms with Gasteiger partial charge in [0.2, 0.25) is 0 Å². The van der Waals surface area contributed by atoms with Crippen LogP contribution in [0.2, 0.25) is 0 Å². The number of nitrogen functional groups attached to an aromatic ring is 1. The summed E-state index contributed by atoms with van der Waals surface area (Å²) in [7, 11) is 2.94. The number of nitriles is 1. The number of hydrogen-bond acceptors (Lipinski definition) is 5. The van der Waals surface area contributed by atoms with Gasteiger partial charge in [-0.15, -0.1) is 9.24 Å². The molecular weight excluding hydrogens is 297 g/mol. The number of hydrogen-bond donors (Lipinski definition) is 2. The number of ether oxygens (including phenoxy) is 2. The molecule has 3 N–H and O–H groups in total. The van der Waals surface area contributed by atoms with Gasteiger partial charge in [0.05, 0.1) is 36.2 Å². The van der Waals surface area contributed by atoms with E-state index in [-0.39, 0.29) is 5.79 Å². The van der Waals surface area contributed by atoms with Crippen molar-refractivity contribution in [2.24, 2.45) is 5.92 Å². The molecule has 1 aliphatic carbocycles. The Balaban J connectivity index is 1.66. The van der Waals surface area contributed by atoms with Crippen LogP contribution in [0.3, 0.4) is 0 Å². The van der Waals surface area contributed by atoms with E-state index in [1.807, 2.05) is 0 Å². The lowest BCUT2D eigenvalue weighted by Gasteiger charge is -2.40. The molecule has 1 saturated carbocycles. The van der Waals surface area contributed by atoms with Gasteiger partial charge in [0.15, 0.2) is 5.79 Å². The molecule has 2 fully saturated rings. The predicted molar refractivity (Wildman–Crippen MR) is 89.5 cm³/mol. The molecule has 0 bridgehead atoms. The molecule has 1 saturated heterocycles. The number of rotatable bonds is 3.